The van der Waals surface area contributed by atoms with E-state index in [1.54, 1.807) is 46.9 Å². The van der Waals surface area contributed by atoms with E-state index in [1.165, 1.54) is 12.5 Å². The molecule has 0 spiro atoms. The van der Waals surface area contributed by atoms with Gasteiger partial charge in [-0.1, -0.05) is 0 Å². The number of nitrogens with zero attached hydrogens (tertiary/aromatic N) is 6. The summed E-state index contributed by atoms with van der Waals surface area (Å²) in [5, 5.41) is 15.1. The van der Waals surface area contributed by atoms with Gasteiger partial charge >= 0.3 is 0 Å². The zero-order valence-electron chi connectivity index (χ0n) is 12.9. The summed E-state index contributed by atoms with van der Waals surface area (Å²) in [6.45, 7) is 0.559. The second kappa shape index (κ2) is 6.76. The summed E-state index contributed by atoms with van der Waals surface area (Å²) in [5.74, 6) is 1.14. The Morgan fingerprint density at radius 3 is 2.71 bits per heavy atom. The molecule has 0 fully saturated rings. The monoisotopic (exact) mass is 348 g/mol. The molecule has 24 heavy (non-hydrogen) atoms. The minimum Gasteiger partial charge on any atom is -0.367 e. The van der Waals surface area contributed by atoms with Crippen LogP contribution in [0.1, 0.15) is 0 Å². The SMILES string of the molecule is Cn1cnc(S(=O)(=O)NCCNc2ccc(-n3cccn3)nn2)c1. The molecule has 126 valence electrons. The third-order valence-electron chi connectivity index (χ3n) is 3.07. The lowest BCUT2D eigenvalue weighted by Gasteiger charge is -2.07. The van der Waals surface area contributed by atoms with Gasteiger partial charge in [-0.2, -0.15) is 5.10 Å². The highest BCUT2D eigenvalue weighted by atomic mass is 32.2. The Hall–Kier alpha value is -2.79. The standard InChI is InChI=1S/C13H16N8O2S/c1-20-9-13(15-10-20)24(22,23)17-7-6-14-11-3-4-12(19-18-11)21-8-2-5-16-21/h2-5,8-10,17H,6-7H2,1H3,(H,14,18). The molecule has 0 amide bonds. The van der Waals surface area contributed by atoms with Crippen molar-refractivity contribution in [3.63, 3.8) is 0 Å². The van der Waals surface area contributed by atoms with Crippen LogP contribution in [0.25, 0.3) is 5.82 Å². The molecule has 3 heterocycles. The average molecular weight is 348 g/mol. The van der Waals surface area contributed by atoms with Crippen molar-refractivity contribution in [2.24, 2.45) is 7.05 Å². The Labute approximate surface area is 138 Å². The quantitative estimate of drug-likeness (QED) is 0.567. The predicted octanol–water partition coefficient (Wildman–Crippen LogP) is -0.214. The Morgan fingerprint density at radius 2 is 2.08 bits per heavy atom. The molecule has 3 aromatic rings. The Bertz CT molecular complexity index is 886. The lowest BCUT2D eigenvalue weighted by molar-refractivity contribution is 0.579. The lowest BCUT2D eigenvalue weighted by atomic mass is 10.5. The molecular weight excluding hydrogens is 332 g/mol. The van der Waals surface area contributed by atoms with Gasteiger partial charge in [0.05, 0.1) is 6.33 Å². The van der Waals surface area contributed by atoms with Gasteiger partial charge in [0, 0.05) is 38.7 Å². The van der Waals surface area contributed by atoms with Gasteiger partial charge in [0.25, 0.3) is 10.0 Å². The molecule has 0 bridgehead atoms. The summed E-state index contributed by atoms with van der Waals surface area (Å²) in [6.07, 6.45) is 6.30. The van der Waals surface area contributed by atoms with Gasteiger partial charge in [0.15, 0.2) is 10.8 Å². The molecule has 0 aliphatic heterocycles. The van der Waals surface area contributed by atoms with Crippen LogP contribution in [0.2, 0.25) is 0 Å². The summed E-state index contributed by atoms with van der Waals surface area (Å²) in [7, 11) is -1.89. The number of sulfonamides is 1. The van der Waals surface area contributed by atoms with Crippen LogP contribution < -0.4 is 10.0 Å². The van der Waals surface area contributed by atoms with E-state index in [-0.39, 0.29) is 11.6 Å². The fraction of sp³-hybridized carbons (Fsp3) is 0.231. The van der Waals surface area contributed by atoms with E-state index in [4.69, 9.17) is 0 Å². The molecule has 0 aliphatic rings. The maximum absolute atomic E-state index is 12.0. The number of anilines is 1. The van der Waals surface area contributed by atoms with Crippen molar-refractivity contribution in [1.82, 2.24) is 34.3 Å². The third kappa shape index (κ3) is 3.75. The van der Waals surface area contributed by atoms with Crippen LogP contribution in [0.5, 0.6) is 0 Å². The van der Waals surface area contributed by atoms with E-state index in [0.29, 0.717) is 18.2 Å². The van der Waals surface area contributed by atoms with Crippen LogP contribution in [-0.4, -0.2) is 51.0 Å². The van der Waals surface area contributed by atoms with Crippen molar-refractivity contribution < 1.29 is 8.42 Å². The number of imidazole rings is 1. The van der Waals surface area contributed by atoms with Crippen molar-refractivity contribution in [2.45, 2.75) is 5.03 Å². The van der Waals surface area contributed by atoms with Gasteiger partial charge in [-0.25, -0.2) is 22.8 Å². The van der Waals surface area contributed by atoms with Crippen LogP contribution in [0.15, 0.2) is 48.1 Å². The van der Waals surface area contributed by atoms with Gasteiger partial charge in [-0.3, -0.25) is 0 Å². The molecule has 3 aromatic heterocycles. The first-order valence-electron chi connectivity index (χ1n) is 7.10. The Balaban J connectivity index is 1.50. The summed E-state index contributed by atoms with van der Waals surface area (Å²) in [4.78, 5) is 3.82. The average Bonchev–Trinajstić information content (AvgIpc) is 3.24. The highest BCUT2D eigenvalue weighted by molar-refractivity contribution is 7.89. The summed E-state index contributed by atoms with van der Waals surface area (Å²) < 4.78 is 29.6. The number of aryl methyl sites for hydroxylation is 1. The molecular formula is C13H16N8O2S. The minimum absolute atomic E-state index is 0.00614. The molecule has 11 heteroatoms. The lowest BCUT2D eigenvalue weighted by Crippen LogP contribution is -2.29. The first-order valence-corrected chi connectivity index (χ1v) is 8.58. The topological polar surface area (TPSA) is 120 Å². The second-order valence-electron chi connectivity index (χ2n) is 4.93. The number of nitrogens with one attached hydrogen (secondary N) is 2. The van der Waals surface area contributed by atoms with E-state index < -0.39 is 10.0 Å². The van der Waals surface area contributed by atoms with Crippen LogP contribution in [0.3, 0.4) is 0 Å². The van der Waals surface area contributed by atoms with E-state index in [1.807, 2.05) is 0 Å². The Kier molecular flexibility index (Phi) is 4.53. The van der Waals surface area contributed by atoms with Gasteiger partial charge in [0.1, 0.15) is 5.82 Å². The molecule has 10 nitrogen and oxygen atoms in total. The fourth-order valence-electron chi connectivity index (χ4n) is 1.92. The van der Waals surface area contributed by atoms with Gasteiger partial charge in [0.2, 0.25) is 0 Å². The maximum atomic E-state index is 12.0. The number of aromatic nitrogens is 6. The number of hydrogen-bond acceptors (Lipinski definition) is 7. The molecule has 0 saturated carbocycles. The van der Waals surface area contributed by atoms with Crippen molar-refractivity contribution >= 4 is 15.8 Å². The van der Waals surface area contributed by atoms with Crippen molar-refractivity contribution in [2.75, 3.05) is 18.4 Å². The molecule has 3 rings (SSSR count). The molecule has 0 unspecified atom stereocenters. The summed E-state index contributed by atoms with van der Waals surface area (Å²) in [5.41, 5.74) is 0. The molecule has 0 saturated heterocycles. The smallest absolute Gasteiger partial charge is 0.259 e. The molecule has 0 atom stereocenters. The third-order valence-corrected chi connectivity index (χ3v) is 4.41. The summed E-state index contributed by atoms with van der Waals surface area (Å²) in [6, 6.07) is 5.30. The van der Waals surface area contributed by atoms with Crippen LogP contribution in [0.4, 0.5) is 5.82 Å². The highest BCUT2D eigenvalue weighted by Gasteiger charge is 2.15. The van der Waals surface area contributed by atoms with Crippen molar-refractivity contribution in [3.05, 3.63) is 43.1 Å². The van der Waals surface area contributed by atoms with Gasteiger partial charge in [-0.15, -0.1) is 10.2 Å². The predicted molar refractivity (Wildman–Crippen MR) is 86.0 cm³/mol. The van der Waals surface area contributed by atoms with Gasteiger partial charge in [-0.05, 0) is 18.2 Å². The van der Waals surface area contributed by atoms with Crippen molar-refractivity contribution in [3.8, 4) is 5.82 Å². The van der Waals surface area contributed by atoms with E-state index >= 15 is 0 Å². The van der Waals surface area contributed by atoms with Crippen LogP contribution in [0, 0.1) is 0 Å². The number of rotatable bonds is 7. The molecule has 2 N–H and O–H groups in total. The Morgan fingerprint density at radius 1 is 1.21 bits per heavy atom. The molecule has 0 radical (unpaired) electrons. The minimum atomic E-state index is -3.60. The zero-order chi connectivity index (χ0) is 17.0. The molecule has 0 aliphatic carbocycles. The highest BCUT2D eigenvalue weighted by Crippen LogP contribution is 2.06. The second-order valence-corrected chi connectivity index (χ2v) is 6.64. The van der Waals surface area contributed by atoms with E-state index in [0.717, 1.165) is 0 Å². The fourth-order valence-corrected chi connectivity index (χ4v) is 2.93. The maximum Gasteiger partial charge on any atom is 0.259 e. The zero-order valence-corrected chi connectivity index (χ0v) is 13.7. The van der Waals surface area contributed by atoms with E-state index in [9.17, 15) is 8.42 Å². The normalized spacial score (nSPS) is 11.5. The first kappa shape index (κ1) is 16.1. The summed E-state index contributed by atoms with van der Waals surface area (Å²) >= 11 is 0. The first-order chi connectivity index (χ1) is 11.5. The van der Waals surface area contributed by atoms with Crippen LogP contribution in [-0.2, 0) is 17.1 Å². The van der Waals surface area contributed by atoms with E-state index in [2.05, 4.69) is 30.3 Å². The largest absolute Gasteiger partial charge is 0.367 e. The number of hydrogen-bond donors (Lipinski definition) is 2. The van der Waals surface area contributed by atoms with Crippen molar-refractivity contribution in [1.29, 1.82) is 0 Å². The molecule has 0 aromatic carbocycles. The van der Waals surface area contributed by atoms with Crippen LogP contribution >= 0.6 is 0 Å². The van der Waals surface area contributed by atoms with Gasteiger partial charge < -0.3 is 9.88 Å².